The van der Waals surface area contributed by atoms with Gasteiger partial charge in [-0.05, 0) is 54.7 Å². The quantitative estimate of drug-likeness (QED) is 0.332. The number of aliphatic hydroxyl groups is 1. The smallest absolute Gasteiger partial charge is 0.124 e. The van der Waals surface area contributed by atoms with Crippen LogP contribution in [0.3, 0.4) is 0 Å². The Balaban J connectivity index is 1.29. The van der Waals surface area contributed by atoms with Crippen LogP contribution in [0.15, 0.2) is 42.5 Å². The third-order valence-corrected chi connectivity index (χ3v) is 6.90. The van der Waals surface area contributed by atoms with E-state index in [-0.39, 0.29) is 6.61 Å². The van der Waals surface area contributed by atoms with Crippen LogP contribution in [0.4, 0.5) is 0 Å². The van der Waals surface area contributed by atoms with Crippen molar-refractivity contribution < 1.29 is 24.1 Å². The minimum atomic E-state index is 0.0380. The van der Waals surface area contributed by atoms with Crippen molar-refractivity contribution in [3.05, 3.63) is 48.0 Å². The van der Waals surface area contributed by atoms with Gasteiger partial charge in [0.1, 0.15) is 17.4 Å². The number of hydrogen-bond donors (Lipinski definition) is 1. The first-order valence-corrected chi connectivity index (χ1v) is 12.6. The second-order valence-electron chi connectivity index (χ2n) is 8.13. The van der Waals surface area contributed by atoms with Crippen LogP contribution in [0.1, 0.15) is 37.2 Å². The number of thiazole rings is 1. The molecule has 0 amide bonds. The molecular formula is C26H33NO5S. The van der Waals surface area contributed by atoms with Gasteiger partial charge in [0, 0.05) is 5.56 Å². The zero-order valence-corrected chi connectivity index (χ0v) is 19.9. The second kappa shape index (κ2) is 13.0. The number of benzene rings is 2. The molecule has 33 heavy (non-hydrogen) atoms. The minimum Gasteiger partial charge on any atom is -0.491 e. The van der Waals surface area contributed by atoms with Crippen molar-refractivity contribution in [2.75, 3.05) is 52.9 Å². The first kappa shape index (κ1) is 24.1. The largest absolute Gasteiger partial charge is 0.491 e. The molecule has 0 bridgehead atoms. The zero-order valence-electron chi connectivity index (χ0n) is 19.0. The fraction of sp³-hybridized carbons (Fsp3) is 0.500. The Morgan fingerprint density at radius 1 is 0.848 bits per heavy atom. The average Bonchev–Trinajstić information content (AvgIpc) is 3.53. The molecule has 178 valence electrons. The van der Waals surface area contributed by atoms with Crippen molar-refractivity contribution in [3.8, 4) is 16.3 Å². The minimum absolute atomic E-state index is 0.0380. The Hall–Kier alpha value is -2.03. The predicted octanol–water partition coefficient (Wildman–Crippen LogP) is 5.04. The van der Waals surface area contributed by atoms with Gasteiger partial charge in [-0.3, -0.25) is 0 Å². The van der Waals surface area contributed by atoms with Crippen molar-refractivity contribution in [2.45, 2.75) is 31.6 Å². The van der Waals surface area contributed by atoms with E-state index in [4.69, 9.17) is 29.0 Å². The molecule has 6 nitrogen and oxygen atoms in total. The summed E-state index contributed by atoms with van der Waals surface area (Å²) in [6, 6.07) is 14.8. The molecule has 4 rings (SSSR count). The molecule has 0 atom stereocenters. The number of fused-ring (bicyclic) bond motifs is 1. The van der Waals surface area contributed by atoms with E-state index in [1.54, 1.807) is 11.3 Å². The van der Waals surface area contributed by atoms with Crippen LogP contribution >= 0.6 is 11.3 Å². The van der Waals surface area contributed by atoms with Crippen LogP contribution in [0.25, 0.3) is 20.8 Å². The Labute approximate surface area is 199 Å². The second-order valence-corrected chi connectivity index (χ2v) is 9.16. The van der Waals surface area contributed by atoms with Crippen LogP contribution in [-0.2, 0) is 14.2 Å². The van der Waals surface area contributed by atoms with Gasteiger partial charge >= 0.3 is 0 Å². The molecule has 0 radical (unpaired) electrons. The van der Waals surface area contributed by atoms with Gasteiger partial charge in [0.25, 0.3) is 0 Å². The van der Waals surface area contributed by atoms with E-state index in [1.807, 2.05) is 6.07 Å². The van der Waals surface area contributed by atoms with Crippen molar-refractivity contribution in [1.29, 1.82) is 0 Å². The van der Waals surface area contributed by atoms with Gasteiger partial charge in [0.2, 0.25) is 0 Å². The topological polar surface area (TPSA) is 70.0 Å². The van der Waals surface area contributed by atoms with E-state index in [1.165, 1.54) is 41.5 Å². The highest BCUT2D eigenvalue weighted by molar-refractivity contribution is 7.21. The number of ether oxygens (including phenoxy) is 4. The Kier molecular flexibility index (Phi) is 9.50. The molecule has 1 fully saturated rings. The molecular weight excluding hydrogens is 438 g/mol. The monoisotopic (exact) mass is 471 g/mol. The molecule has 0 unspecified atom stereocenters. The molecule has 1 aliphatic rings. The Morgan fingerprint density at radius 2 is 1.55 bits per heavy atom. The van der Waals surface area contributed by atoms with Crippen LogP contribution < -0.4 is 4.74 Å². The normalized spacial score (nSPS) is 14.3. The molecule has 1 aromatic heterocycles. The standard InChI is InChI=1S/C26H33NO5S/c28-11-12-29-13-14-30-15-16-31-17-18-32-24-10-9-21(19-22(24)20-5-1-2-6-20)26-27-23-7-3-4-8-25(23)33-26/h3-4,7-10,19-20,28H,1-2,5-6,11-18H2. The van der Waals surface area contributed by atoms with Crippen molar-refractivity contribution in [3.63, 3.8) is 0 Å². The van der Waals surface area contributed by atoms with Gasteiger partial charge in [-0.15, -0.1) is 11.3 Å². The van der Waals surface area contributed by atoms with Crippen LogP contribution in [-0.4, -0.2) is 62.9 Å². The van der Waals surface area contributed by atoms with Crippen molar-refractivity contribution in [1.82, 2.24) is 4.98 Å². The number of aliphatic hydroxyl groups excluding tert-OH is 1. The summed E-state index contributed by atoms with van der Waals surface area (Å²) in [4.78, 5) is 4.84. The summed E-state index contributed by atoms with van der Waals surface area (Å²) in [6.45, 7) is 3.46. The lowest BCUT2D eigenvalue weighted by molar-refractivity contribution is 0.00356. The maximum Gasteiger partial charge on any atom is 0.124 e. The maximum atomic E-state index is 8.64. The fourth-order valence-electron chi connectivity index (χ4n) is 4.18. The van der Waals surface area contributed by atoms with Crippen LogP contribution in [0.2, 0.25) is 0 Å². The fourth-order valence-corrected chi connectivity index (χ4v) is 5.14. The first-order valence-electron chi connectivity index (χ1n) is 11.8. The third-order valence-electron chi connectivity index (χ3n) is 5.81. The van der Waals surface area contributed by atoms with Gasteiger partial charge < -0.3 is 24.1 Å². The maximum absolute atomic E-state index is 8.64. The summed E-state index contributed by atoms with van der Waals surface area (Å²) in [5.41, 5.74) is 3.52. The lowest BCUT2D eigenvalue weighted by atomic mass is 9.95. The molecule has 1 aliphatic carbocycles. The number of para-hydroxylation sites is 1. The molecule has 0 spiro atoms. The Bertz CT molecular complexity index is 953. The molecule has 1 heterocycles. The third kappa shape index (κ3) is 6.98. The SMILES string of the molecule is OCCOCCOCCOCCOc1ccc(-c2nc3ccccc3s2)cc1C1CCCC1. The van der Waals surface area contributed by atoms with Crippen LogP contribution in [0, 0.1) is 0 Å². The molecule has 1 saturated carbocycles. The Morgan fingerprint density at radius 3 is 2.27 bits per heavy atom. The highest BCUT2D eigenvalue weighted by atomic mass is 32.1. The van der Waals surface area contributed by atoms with Crippen molar-refractivity contribution >= 4 is 21.6 Å². The van der Waals surface area contributed by atoms with E-state index < -0.39 is 0 Å². The van der Waals surface area contributed by atoms with E-state index in [2.05, 4.69) is 36.4 Å². The molecule has 2 aromatic carbocycles. The molecule has 3 aromatic rings. The molecule has 7 heteroatoms. The average molecular weight is 472 g/mol. The summed E-state index contributed by atoms with van der Waals surface area (Å²) < 4.78 is 23.6. The summed E-state index contributed by atoms with van der Waals surface area (Å²) in [6.07, 6.45) is 5.00. The summed E-state index contributed by atoms with van der Waals surface area (Å²) in [5.74, 6) is 1.52. The molecule has 0 saturated heterocycles. The summed E-state index contributed by atoms with van der Waals surface area (Å²) >= 11 is 1.74. The highest BCUT2D eigenvalue weighted by Crippen LogP contribution is 2.41. The number of hydrogen-bond acceptors (Lipinski definition) is 7. The predicted molar refractivity (Wildman–Crippen MR) is 131 cm³/mol. The number of aromatic nitrogens is 1. The lowest BCUT2D eigenvalue weighted by Crippen LogP contribution is -2.13. The van der Waals surface area contributed by atoms with Gasteiger partial charge in [-0.2, -0.15) is 0 Å². The van der Waals surface area contributed by atoms with Gasteiger partial charge in [-0.1, -0.05) is 25.0 Å². The highest BCUT2D eigenvalue weighted by Gasteiger charge is 2.22. The lowest BCUT2D eigenvalue weighted by Gasteiger charge is -2.17. The van der Waals surface area contributed by atoms with E-state index >= 15 is 0 Å². The van der Waals surface area contributed by atoms with Crippen molar-refractivity contribution in [2.24, 2.45) is 0 Å². The zero-order chi connectivity index (χ0) is 22.7. The van der Waals surface area contributed by atoms with E-state index in [9.17, 15) is 0 Å². The number of rotatable bonds is 14. The van der Waals surface area contributed by atoms with E-state index in [0.717, 1.165) is 16.3 Å². The first-order chi connectivity index (χ1) is 16.3. The molecule has 1 N–H and O–H groups in total. The van der Waals surface area contributed by atoms with Gasteiger partial charge in [0.05, 0.1) is 56.5 Å². The van der Waals surface area contributed by atoms with Gasteiger partial charge in [-0.25, -0.2) is 4.98 Å². The summed E-state index contributed by atoms with van der Waals surface area (Å²) in [5, 5.41) is 9.71. The van der Waals surface area contributed by atoms with Crippen LogP contribution in [0.5, 0.6) is 5.75 Å². The molecule has 0 aliphatic heterocycles. The number of nitrogens with zero attached hydrogens (tertiary/aromatic N) is 1. The van der Waals surface area contributed by atoms with Gasteiger partial charge in [0.15, 0.2) is 0 Å². The van der Waals surface area contributed by atoms with E-state index in [0.29, 0.717) is 52.2 Å². The summed E-state index contributed by atoms with van der Waals surface area (Å²) in [7, 11) is 0.